The van der Waals surface area contributed by atoms with Gasteiger partial charge >= 0.3 is 6.03 Å². The molecule has 1 unspecified atom stereocenters. The molecular formula is C13H14N2NaO3. The Kier molecular flexibility index (Phi) is 4.90. The Labute approximate surface area is 133 Å². The van der Waals surface area contributed by atoms with Gasteiger partial charge in [-0.15, -0.1) is 0 Å². The maximum atomic E-state index is 12.3. The van der Waals surface area contributed by atoms with E-state index in [-0.39, 0.29) is 29.6 Å². The first-order valence-corrected chi connectivity index (χ1v) is 5.73. The molecule has 95 valence electrons. The van der Waals surface area contributed by atoms with E-state index in [1.165, 1.54) is 7.05 Å². The number of urea groups is 1. The number of nitrogens with one attached hydrogen (secondary N) is 1. The SMILES string of the molecule is CCC1(c2ccccc2)C(=O)NC(=O)N(C)C1=O.[Na]. The Morgan fingerprint density at radius 1 is 1.16 bits per heavy atom. The third-order valence-corrected chi connectivity index (χ3v) is 3.38. The number of hydrogen-bond donors (Lipinski definition) is 1. The molecular weight excluding hydrogens is 255 g/mol. The smallest absolute Gasteiger partial charge is 0.276 e. The first-order chi connectivity index (χ1) is 8.54. The maximum absolute atomic E-state index is 12.3. The molecule has 1 aromatic rings. The summed E-state index contributed by atoms with van der Waals surface area (Å²) in [5, 5.41) is 2.23. The average molecular weight is 269 g/mol. The van der Waals surface area contributed by atoms with Gasteiger partial charge in [-0.25, -0.2) is 4.79 Å². The Bertz CT molecular complexity index is 518. The number of carbonyl (C=O) groups is 3. The van der Waals surface area contributed by atoms with Gasteiger partial charge in [0.2, 0.25) is 5.91 Å². The number of carbonyl (C=O) groups excluding carboxylic acids is 3. The Morgan fingerprint density at radius 2 is 1.74 bits per heavy atom. The van der Waals surface area contributed by atoms with Crippen LogP contribution in [0.15, 0.2) is 30.3 Å². The van der Waals surface area contributed by atoms with Gasteiger partial charge in [0.05, 0.1) is 0 Å². The van der Waals surface area contributed by atoms with Gasteiger partial charge in [0.25, 0.3) is 5.91 Å². The van der Waals surface area contributed by atoms with E-state index in [0.717, 1.165) is 4.90 Å². The normalized spacial score (nSPS) is 22.8. The molecule has 1 aliphatic rings. The minimum Gasteiger partial charge on any atom is -0.276 e. The van der Waals surface area contributed by atoms with Crippen LogP contribution in [0.4, 0.5) is 4.79 Å². The summed E-state index contributed by atoms with van der Waals surface area (Å²) in [6.45, 7) is 1.76. The molecule has 1 fully saturated rings. The number of imide groups is 2. The molecule has 1 saturated heterocycles. The summed E-state index contributed by atoms with van der Waals surface area (Å²) in [7, 11) is 1.37. The van der Waals surface area contributed by atoms with Crippen LogP contribution in [0.1, 0.15) is 18.9 Å². The minimum absolute atomic E-state index is 0. The van der Waals surface area contributed by atoms with E-state index in [2.05, 4.69) is 5.32 Å². The van der Waals surface area contributed by atoms with Crippen molar-refractivity contribution >= 4 is 47.4 Å². The molecule has 0 saturated carbocycles. The van der Waals surface area contributed by atoms with Gasteiger partial charge in [-0.1, -0.05) is 37.3 Å². The second kappa shape index (κ2) is 5.86. The van der Waals surface area contributed by atoms with Crippen molar-refractivity contribution in [3.8, 4) is 0 Å². The van der Waals surface area contributed by atoms with Gasteiger partial charge in [-0.05, 0) is 12.0 Å². The van der Waals surface area contributed by atoms with Crippen LogP contribution in [0.2, 0.25) is 0 Å². The van der Waals surface area contributed by atoms with E-state index >= 15 is 0 Å². The molecule has 0 aliphatic carbocycles. The van der Waals surface area contributed by atoms with Gasteiger partial charge in [0, 0.05) is 36.6 Å². The zero-order valence-electron chi connectivity index (χ0n) is 11.3. The molecule has 1 N–H and O–H groups in total. The fourth-order valence-electron chi connectivity index (χ4n) is 2.26. The zero-order valence-corrected chi connectivity index (χ0v) is 13.3. The molecule has 0 bridgehead atoms. The van der Waals surface area contributed by atoms with Crippen LogP contribution < -0.4 is 5.32 Å². The molecule has 5 nitrogen and oxygen atoms in total. The molecule has 0 spiro atoms. The molecule has 1 heterocycles. The van der Waals surface area contributed by atoms with Crippen molar-refractivity contribution in [2.24, 2.45) is 0 Å². The Hall–Kier alpha value is -1.17. The van der Waals surface area contributed by atoms with Gasteiger partial charge < -0.3 is 0 Å². The molecule has 1 aromatic carbocycles. The van der Waals surface area contributed by atoms with E-state index in [4.69, 9.17) is 0 Å². The summed E-state index contributed by atoms with van der Waals surface area (Å²) < 4.78 is 0. The standard InChI is InChI=1S/C13H14N2O3.Na/c1-3-13(9-7-5-4-6-8-9)10(16)14-12(18)15(2)11(13)17;/h4-8H,3H2,1-2H3,(H,14,16,18);. The summed E-state index contributed by atoms with van der Waals surface area (Å²) >= 11 is 0. The Morgan fingerprint density at radius 3 is 2.26 bits per heavy atom. The van der Waals surface area contributed by atoms with Crippen LogP contribution in [0.5, 0.6) is 0 Å². The number of likely N-dealkylation sites (N-methyl/N-ethyl adjacent to an activating group) is 1. The largest absolute Gasteiger partial charge is 0.330 e. The summed E-state index contributed by atoms with van der Waals surface area (Å²) in [6.07, 6.45) is 0.305. The van der Waals surface area contributed by atoms with E-state index in [9.17, 15) is 14.4 Å². The van der Waals surface area contributed by atoms with E-state index < -0.39 is 23.3 Å². The van der Waals surface area contributed by atoms with Crippen molar-refractivity contribution in [1.82, 2.24) is 10.2 Å². The zero-order chi connectivity index (χ0) is 13.3. The number of benzene rings is 1. The monoisotopic (exact) mass is 269 g/mol. The molecule has 0 aromatic heterocycles. The van der Waals surface area contributed by atoms with E-state index in [1.54, 1.807) is 31.2 Å². The minimum atomic E-state index is -1.30. The number of barbiturate groups is 1. The number of amides is 4. The fraction of sp³-hybridized carbons (Fsp3) is 0.308. The van der Waals surface area contributed by atoms with Crippen molar-refractivity contribution in [2.75, 3.05) is 7.05 Å². The predicted molar refractivity (Wildman–Crippen MR) is 70.5 cm³/mol. The third kappa shape index (κ3) is 2.33. The van der Waals surface area contributed by atoms with Gasteiger partial charge in [0.15, 0.2) is 5.41 Å². The quantitative estimate of drug-likeness (QED) is 0.633. The predicted octanol–water partition coefficient (Wildman–Crippen LogP) is 0.662. The summed E-state index contributed by atoms with van der Waals surface area (Å²) in [6, 6.07) is 8.13. The number of nitrogens with zero attached hydrogens (tertiary/aromatic N) is 1. The van der Waals surface area contributed by atoms with Crippen LogP contribution in [-0.4, -0.2) is 59.4 Å². The van der Waals surface area contributed by atoms with Crippen LogP contribution in [-0.2, 0) is 15.0 Å². The van der Waals surface area contributed by atoms with Crippen LogP contribution >= 0.6 is 0 Å². The van der Waals surface area contributed by atoms with Crippen molar-refractivity contribution < 1.29 is 14.4 Å². The molecule has 1 atom stereocenters. The van der Waals surface area contributed by atoms with Crippen LogP contribution in [0.3, 0.4) is 0 Å². The average Bonchev–Trinajstić information content (AvgIpc) is 2.39. The van der Waals surface area contributed by atoms with Crippen LogP contribution in [0, 0.1) is 0 Å². The van der Waals surface area contributed by atoms with Gasteiger partial charge in [-0.2, -0.15) is 0 Å². The second-order valence-corrected chi connectivity index (χ2v) is 4.25. The first-order valence-electron chi connectivity index (χ1n) is 5.73. The van der Waals surface area contributed by atoms with Crippen molar-refractivity contribution in [2.45, 2.75) is 18.8 Å². The molecule has 19 heavy (non-hydrogen) atoms. The number of hydrogen-bond acceptors (Lipinski definition) is 3. The van der Waals surface area contributed by atoms with Crippen LogP contribution in [0.25, 0.3) is 0 Å². The number of rotatable bonds is 2. The Balaban J connectivity index is 0.00000180. The molecule has 2 rings (SSSR count). The molecule has 6 heteroatoms. The third-order valence-electron chi connectivity index (χ3n) is 3.38. The first kappa shape index (κ1) is 15.9. The fourth-order valence-corrected chi connectivity index (χ4v) is 2.26. The van der Waals surface area contributed by atoms with Gasteiger partial charge in [0.1, 0.15) is 0 Å². The van der Waals surface area contributed by atoms with E-state index in [0.29, 0.717) is 12.0 Å². The van der Waals surface area contributed by atoms with E-state index in [1.807, 2.05) is 6.07 Å². The van der Waals surface area contributed by atoms with Crippen molar-refractivity contribution in [3.63, 3.8) is 0 Å². The molecule has 1 radical (unpaired) electrons. The van der Waals surface area contributed by atoms with Crippen molar-refractivity contribution in [3.05, 3.63) is 35.9 Å². The summed E-state index contributed by atoms with van der Waals surface area (Å²) in [5.41, 5.74) is -0.696. The van der Waals surface area contributed by atoms with Gasteiger partial charge in [-0.3, -0.25) is 19.8 Å². The molecule has 4 amide bonds. The topological polar surface area (TPSA) is 66.5 Å². The maximum Gasteiger partial charge on any atom is 0.330 e. The summed E-state index contributed by atoms with van der Waals surface area (Å²) in [4.78, 5) is 36.9. The molecule has 1 aliphatic heterocycles. The second-order valence-electron chi connectivity index (χ2n) is 4.25. The summed E-state index contributed by atoms with van der Waals surface area (Å²) in [5.74, 6) is -1.03. The van der Waals surface area contributed by atoms with Crippen molar-refractivity contribution in [1.29, 1.82) is 0 Å².